The summed E-state index contributed by atoms with van der Waals surface area (Å²) in [4.78, 5) is 21.5. The Morgan fingerprint density at radius 3 is 1.23 bits per heavy atom. The molecule has 0 bridgehead atoms. The minimum absolute atomic E-state index is 0.0164. The van der Waals surface area contributed by atoms with Crippen LogP contribution in [0.3, 0.4) is 0 Å². The van der Waals surface area contributed by atoms with Crippen LogP contribution in [0.1, 0.15) is 11.1 Å². The predicted octanol–water partition coefficient (Wildman–Crippen LogP) is 7.09. The van der Waals surface area contributed by atoms with Crippen molar-refractivity contribution in [3.8, 4) is 44.9 Å². The summed E-state index contributed by atoms with van der Waals surface area (Å²) < 4.78 is 22.8. The summed E-state index contributed by atoms with van der Waals surface area (Å²) >= 11 is 0. The van der Waals surface area contributed by atoms with Crippen molar-refractivity contribution in [1.29, 1.82) is 0 Å². The molecule has 0 heterocycles. The smallest absolute Gasteiger partial charge is 0.269 e. The molecule has 0 aliphatic heterocycles. The molecule has 0 aliphatic carbocycles. The molecule has 10 nitrogen and oxygen atoms in total. The molecule has 0 unspecified atom stereocenters. The molecule has 0 amide bonds. The number of nitrogens with zero attached hydrogens (tertiary/aromatic N) is 2. The molecule has 10 heteroatoms. The number of rotatable bonds is 11. The second-order valence-electron chi connectivity index (χ2n) is 8.98. The van der Waals surface area contributed by atoms with Crippen molar-refractivity contribution in [2.45, 2.75) is 13.8 Å². The third-order valence-electron chi connectivity index (χ3n) is 6.40. The first-order valence-electron chi connectivity index (χ1n) is 12.3. The van der Waals surface area contributed by atoms with Crippen LogP contribution in [0.4, 0.5) is 11.4 Å². The number of benzene rings is 4. The quantitative estimate of drug-likeness (QED) is 0.111. The lowest BCUT2D eigenvalue weighted by Crippen LogP contribution is -2.07. The summed E-state index contributed by atoms with van der Waals surface area (Å²) in [5, 5.41) is 22.4. The Bertz CT molecular complexity index is 1420. The first kappa shape index (κ1) is 28.2. The molecule has 0 spiro atoms. The minimum Gasteiger partial charge on any atom is -0.466 e. The van der Waals surface area contributed by atoms with Crippen molar-refractivity contribution in [1.82, 2.24) is 0 Å². The molecule has 0 atom stereocenters. The van der Waals surface area contributed by atoms with Crippen LogP contribution < -0.4 is 9.47 Å². The van der Waals surface area contributed by atoms with Crippen molar-refractivity contribution in [2.75, 3.05) is 27.8 Å². The normalized spacial score (nSPS) is 10.8. The van der Waals surface area contributed by atoms with Gasteiger partial charge in [0.15, 0.2) is 13.6 Å². The van der Waals surface area contributed by atoms with Crippen LogP contribution >= 0.6 is 0 Å². The third kappa shape index (κ3) is 5.78. The molecule has 4 aromatic carbocycles. The average molecular weight is 545 g/mol. The van der Waals surface area contributed by atoms with Crippen molar-refractivity contribution in [3.05, 3.63) is 104 Å². The molecule has 0 fully saturated rings. The minimum atomic E-state index is -0.445. The summed E-state index contributed by atoms with van der Waals surface area (Å²) in [6.07, 6.45) is 0. The van der Waals surface area contributed by atoms with E-state index in [1.165, 1.54) is 38.5 Å². The van der Waals surface area contributed by atoms with Crippen LogP contribution in [0.15, 0.2) is 72.8 Å². The summed E-state index contributed by atoms with van der Waals surface area (Å²) in [6, 6.07) is 20.2. The van der Waals surface area contributed by atoms with Crippen molar-refractivity contribution >= 4 is 11.4 Å². The van der Waals surface area contributed by atoms with Crippen molar-refractivity contribution in [3.63, 3.8) is 0 Å². The first-order chi connectivity index (χ1) is 19.3. The first-order valence-corrected chi connectivity index (χ1v) is 12.3. The van der Waals surface area contributed by atoms with E-state index in [-0.39, 0.29) is 25.0 Å². The lowest BCUT2D eigenvalue weighted by molar-refractivity contribution is -0.385. The van der Waals surface area contributed by atoms with Crippen LogP contribution in [0.25, 0.3) is 33.4 Å². The molecule has 0 saturated carbocycles. The van der Waals surface area contributed by atoms with E-state index in [1.807, 2.05) is 38.1 Å². The number of ether oxygens (including phenoxy) is 4. The molecule has 0 aromatic heterocycles. The molecule has 0 aliphatic rings. The number of non-ortho nitro benzene ring substituents is 2. The molecule has 4 rings (SSSR count). The zero-order chi connectivity index (χ0) is 28.8. The number of nitro benzene ring substituents is 2. The second kappa shape index (κ2) is 12.4. The highest BCUT2D eigenvalue weighted by Gasteiger charge is 2.24. The Morgan fingerprint density at radius 2 is 0.925 bits per heavy atom. The third-order valence-corrected chi connectivity index (χ3v) is 6.40. The maximum absolute atomic E-state index is 11.2. The SMILES string of the molecule is COCOc1c(-c2ccc([N+](=O)[O-])cc2)ccc(C)c1-c1c(C)ccc(-c2ccc([N+](=O)[O-])cc2)c1OCOC. The zero-order valence-corrected chi connectivity index (χ0v) is 22.5. The molecular formula is C30H28N2O8. The van der Waals surface area contributed by atoms with Gasteiger partial charge in [-0.15, -0.1) is 0 Å². The van der Waals surface area contributed by atoms with Gasteiger partial charge >= 0.3 is 0 Å². The van der Waals surface area contributed by atoms with E-state index in [0.29, 0.717) is 22.6 Å². The van der Waals surface area contributed by atoms with Gasteiger partial charge in [0.2, 0.25) is 0 Å². The van der Waals surface area contributed by atoms with Crippen LogP contribution in [-0.4, -0.2) is 37.7 Å². The Labute approximate surface area is 231 Å². The molecule has 206 valence electrons. The van der Waals surface area contributed by atoms with E-state index < -0.39 is 9.85 Å². The average Bonchev–Trinajstić information content (AvgIpc) is 2.95. The van der Waals surface area contributed by atoms with E-state index in [1.54, 1.807) is 24.3 Å². The van der Waals surface area contributed by atoms with Crippen LogP contribution in [0, 0.1) is 34.1 Å². The maximum Gasteiger partial charge on any atom is 0.269 e. The topological polar surface area (TPSA) is 123 Å². The Hall–Kier alpha value is -4.80. The van der Waals surface area contributed by atoms with Gasteiger partial charge in [-0.3, -0.25) is 20.2 Å². The Balaban J connectivity index is 1.99. The van der Waals surface area contributed by atoms with Gasteiger partial charge in [-0.05, 0) is 60.4 Å². The summed E-state index contributed by atoms with van der Waals surface area (Å²) in [5.41, 5.74) is 6.12. The molecule has 0 saturated heterocycles. The largest absolute Gasteiger partial charge is 0.466 e. The van der Waals surface area contributed by atoms with E-state index in [2.05, 4.69) is 0 Å². The lowest BCUT2D eigenvalue weighted by Gasteiger charge is -2.23. The summed E-state index contributed by atoms with van der Waals surface area (Å²) in [7, 11) is 3.04. The lowest BCUT2D eigenvalue weighted by atomic mass is 9.88. The van der Waals surface area contributed by atoms with E-state index >= 15 is 0 Å². The number of aryl methyl sites for hydroxylation is 2. The standard InChI is InChI=1S/C30H28N2O8/c1-19-5-15-25(21-7-11-23(12-8-21)31(33)34)29(39-17-37-3)27(19)28-20(2)6-16-26(30(28)40-18-38-4)22-9-13-24(14-10-22)32(35)36/h5-16H,17-18H2,1-4H3. The van der Waals surface area contributed by atoms with Crippen LogP contribution in [-0.2, 0) is 9.47 Å². The predicted molar refractivity (Wildman–Crippen MR) is 151 cm³/mol. The van der Waals surface area contributed by atoms with Gasteiger partial charge in [0.25, 0.3) is 11.4 Å². The van der Waals surface area contributed by atoms with Gasteiger partial charge in [0.1, 0.15) is 11.5 Å². The number of methoxy groups -OCH3 is 2. The fourth-order valence-corrected chi connectivity index (χ4v) is 4.50. The van der Waals surface area contributed by atoms with Gasteiger partial charge in [-0.25, -0.2) is 0 Å². The molecule has 0 N–H and O–H groups in total. The van der Waals surface area contributed by atoms with E-state index in [4.69, 9.17) is 18.9 Å². The molecule has 4 aromatic rings. The molecule has 40 heavy (non-hydrogen) atoms. The highest BCUT2D eigenvalue weighted by molar-refractivity contribution is 5.92. The zero-order valence-electron chi connectivity index (χ0n) is 22.5. The number of hydrogen-bond acceptors (Lipinski definition) is 8. The fraction of sp³-hybridized carbons (Fsp3) is 0.200. The van der Waals surface area contributed by atoms with Gasteiger partial charge in [0.05, 0.1) is 9.85 Å². The molecule has 0 radical (unpaired) electrons. The van der Waals surface area contributed by atoms with Gasteiger partial charge < -0.3 is 18.9 Å². The second-order valence-corrected chi connectivity index (χ2v) is 8.98. The van der Waals surface area contributed by atoms with E-state index in [0.717, 1.165) is 33.4 Å². The highest BCUT2D eigenvalue weighted by atomic mass is 16.7. The van der Waals surface area contributed by atoms with Gasteiger partial charge in [0, 0.05) is 60.7 Å². The monoisotopic (exact) mass is 544 g/mol. The van der Waals surface area contributed by atoms with Crippen LogP contribution in [0.2, 0.25) is 0 Å². The molecular weight excluding hydrogens is 516 g/mol. The van der Waals surface area contributed by atoms with Gasteiger partial charge in [-0.1, -0.05) is 24.3 Å². The highest BCUT2D eigenvalue weighted by Crippen LogP contribution is 2.49. The maximum atomic E-state index is 11.2. The van der Waals surface area contributed by atoms with Gasteiger partial charge in [-0.2, -0.15) is 0 Å². The number of hydrogen-bond donors (Lipinski definition) is 0. The van der Waals surface area contributed by atoms with Crippen molar-refractivity contribution < 1.29 is 28.8 Å². The fourth-order valence-electron chi connectivity index (χ4n) is 4.50. The summed E-state index contributed by atoms with van der Waals surface area (Å²) in [5.74, 6) is 1.03. The van der Waals surface area contributed by atoms with E-state index in [9.17, 15) is 20.2 Å². The number of nitro groups is 2. The summed E-state index contributed by atoms with van der Waals surface area (Å²) in [6.45, 7) is 3.83. The van der Waals surface area contributed by atoms with Crippen molar-refractivity contribution in [2.24, 2.45) is 0 Å². The Kier molecular flexibility index (Phi) is 8.73. The Morgan fingerprint density at radius 1 is 0.575 bits per heavy atom. The van der Waals surface area contributed by atoms with Crippen LogP contribution in [0.5, 0.6) is 11.5 Å².